The van der Waals surface area contributed by atoms with Gasteiger partial charge in [-0.15, -0.1) is 0 Å². The molecule has 0 bridgehead atoms. The van der Waals surface area contributed by atoms with Crippen LogP contribution in [-0.4, -0.2) is 5.91 Å². The lowest BCUT2D eigenvalue weighted by Gasteiger charge is -2.01. The van der Waals surface area contributed by atoms with Crippen molar-refractivity contribution in [3.05, 3.63) is 72.4 Å². The third kappa shape index (κ3) is 14.7. The molecule has 0 saturated heterocycles. The highest BCUT2D eigenvalue weighted by Crippen LogP contribution is 2.10. The van der Waals surface area contributed by atoms with Gasteiger partial charge in [0.05, 0.1) is 0 Å². The summed E-state index contributed by atoms with van der Waals surface area (Å²) in [6.07, 6.45) is 25.0. The highest BCUT2D eigenvalue weighted by atomic mass is 16.1. The predicted octanol–water partition coefficient (Wildman–Crippen LogP) is 6.89. The van der Waals surface area contributed by atoms with Crippen molar-refractivity contribution in [1.29, 1.82) is 0 Å². The Labute approximate surface area is 166 Å². The molecule has 1 aromatic rings. The van der Waals surface area contributed by atoms with E-state index in [1.807, 2.05) is 42.5 Å². The number of allylic oxidation sites excluding steroid dienone is 5. The molecule has 1 rings (SSSR count). The smallest absolute Gasteiger partial charge is 0.244 e. The molecule has 0 saturated carbocycles. The van der Waals surface area contributed by atoms with E-state index in [0.29, 0.717) is 6.54 Å². The van der Waals surface area contributed by atoms with Crippen LogP contribution >= 0.6 is 0 Å². The van der Waals surface area contributed by atoms with E-state index in [2.05, 4.69) is 24.4 Å². The maximum absolute atomic E-state index is 11.7. The Kier molecular flexibility index (Phi) is 14.7. The van der Waals surface area contributed by atoms with Crippen molar-refractivity contribution in [1.82, 2.24) is 5.32 Å². The zero-order valence-electron chi connectivity index (χ0n) is 17.0. The summed E-state index contributed by atoms with van der Waals surface area (Å²) in [5.41, 5.74) is 1.11. The van der Waals surface area contributed by atoms with Crippen LogP contribution in [0.25, 0.3) is 0 Å². The number of hydrogen-bond acceptors (Lipinski definition) is 1. The molecular formula is C25H37NO. The number of unbranched alkanes of at least 4 members (excludes halogenated alkanes) is 9. The molecule has 1 N–H and O–H groups in total. The van der Waals surface area contributed by atoms with Crippen LogP contribution in [0.4, 0.5) is 0 Å². The molecule has 0 aliphatic carbocycles. The number of amides is 1. The summed E-state index contributed by atoms with van der Waals surface area (Å²) in [5, 5.41) is 2.87. The molecule has 0 aromatic heterocycles. The van der Waals surface area contributed by atoms with Crippen molar-refractivity contribution < 1.29 is 4.79 Å². The lowest BCUT2D eigenvalue weighted by atomic mass is 10.1. The minimum atomic E-state index is -0.0674. The monoisotopic (exact) mass is 367 g/mol. The highest BCUT2D eigenvalue weighted by Gasteiger charge is 1.94. The van der Waals surface area contributed by atoms with Crippen LogP contribution in [0.1, 0.15) is 76.7 Å². The van der Waals surface area contributed by atoms with Gasteiger partial charge in [-0.1, -0.05) is 119 Å². The molecule has 148 valence electrons. The van der Waals surface area contributed by atoms with E-state index in [0.717, 1.165) is 12.0 Å². The topological polar surface area (TPSA) is 29.1 Å². The number of benzene rings is 1. The van der Waals surface area contributed by atoms with Gasteiger partial charge in [-0.2, -0.15) is 0 Å². The molecular weight excluding hydrogens is 330 g/mol. The molecule has 0 radical (unpaired) electrons. The van der Waals surface area contributed by atoms with Gasteiger partial charge in [-0.05, 0) is 18.4 Å². The fourth-order valence-corrected chi connectivity index (χ4v) is 2.86. The van der Waals surface area contributed by atoms with Crippen LogP contribution in [0.15, 0.2) is 66.8 Å². The van der Waals surface area contributed by atoms with E-state index < -0.39 is 0 Å². The normalized spacial score (nSPS) is 11.7. The van der Waals surface area contributed by atoms with E-state index in [9.17, 15) is 4.79 Å². The molecule has 2 nitrogen and oxygen atoms in total. The molecule has 1 amide bonds. The lowest BCUT2D eigenvalue weighted by Crippen LogP contribution is -2.20. The van der Waals surface area contributed by atoms with E-state index in [1.54, 1.807) is 12.2 Å². The third-order valence-electron chi connectivity index (χ3n) is 4.50. The minimum Gasteiger partial charge on any atom is -0.348 e. The standard InChI is InChI=1S/C25H37NO/c1-2-3-4-5-6-7-8-9-10-11-12-13-14-15-19-22-25(27)26-23-24-20-17-16-18-21-24/h12-22H,2-11,23H2,1H3,(H,26,27)/b13-12+,15-14+,22-19+. The molecule has 0 unspecified atom stereocenters. The average Bonchev–Trinajstić information content (AvgIpc) is 2.70. The van der Waals surface area contributed by atoms with Crippen LogP contribution in [0, 0.1) is 0 Å². The van der Waals surface area contributed by atoms with Crippen LogP contribution in [0.3, 0.4) is 0 Å². The van der Waals surface area contributed by atoms with Gasteiger partial charge in [0, 0.05) is 12.6 Å². The van der Waals surface area contributed by atoms with Gasteiger partial charge < -0.3 is 5.32 Å². The second-order valence-electron chi connectivity index (χ2n) is 6.99. The fraction of sp³-hybridized carbons (Fsp3) is 0.480. The Morgan fingerprint density at radius 3 is 2.15 bits per heavy atom. The van der Waals surface area contributed by atoms with Crippen LogP contribution in [0.2, 0.25) is 0 Å². The summed E-state index contributed by atoms with van der Waals surface area (Å²) in [6.45, 7) is 2.83. The van der Waals surface area contributed by atoms with E-state index in [1.165, 1.54) is 57.8 Å². The lowest BCUT2D eigenvalue weighted by molar-refractivity contribution is -0.116. The first-order valence-corrected chi connectivity index (χ1v) is 10.6. The molecule has 0 atom stereocenters. The quantitative estimate of drug-likeness (QED) is 0.204. The Hall–Kier alpha value is -2.09. The first kappa shape index (κ1) is 23.0. The summed E-state index contributed by atoms with van der Waals surface area (Å²) in [6, 6.07) is 9.92. The number of carbonyl (C=O) groups excluding carboxylic acids is 1. The number of rotatable bonds is 15. The van der Waals surface area contributed by atoms with E-state index in [-0.39, 0.29) is 5.91 Å². The Morgan fingerprint density at radius 2 is 1.44 bits per heavy atom. The first-order valence-electron chi connectivity index (χ1n) is 10.6. The SMILES string of the molecule is CCCCCCCCCCC/C=C/C=C/C=C/C(=O)NCc1ccccc1. The molecule has 2 heteroatoms. The first-order chi connectivity index (χ1) is 13.3. The van der Waals surface area contributed by atoms with Gasteiger partial charge in [-0.3, -0.25) is 4.79 Å². The number of nitrogens with one attached hydrogen (secondary N) is 1. The van der Waals surface area contributed by atoms with Crippen LogP contribution in [-0.2, 0) is 11.3 Å². The second-order valence-corrected chi connectivity index (χ2v) is 6.99. The molecule has 0 aliphatic rings. The average molecular weight is 368 g/mol. The Balaban J connectivity index is 1.96. The van der Waals surface area contributed by atoms with Gasteiger partial charge in [0.15, 0.2) is 0 Å². The van der Waals surface area contributed by atoms with Crippen molar-refractivity contribution in [2.45, 2.75) is 77.7 Å². The molecule has 0 heterocycles. The molecule has 27 heavy (non-hydrogen) atoms. The molecule has 0 spiro atoms. The summed E-state index contributed by atoms with van der Waals surface area (Å²) in [4.78, 5) is 11.7. The van der Waals surface area contributed by atoms with E-state index in [4.69, 9.17) is 0 Å². The Morgan fingerprint density at radius 1 is 0.815 bits per heavy atom. The third-order valence-corrected chi connectivity index (χ3v) is 4.50. The number of hydrogen-bond donors (Lipinski definition) is 1. The van der Waals surface area contributed by atoms with Crippen molar-refractivity contribution in [2.24, 2.45) is 0 Å². The van der Waals surface area contributed by atoms with Gasteiger partial charge >= 0.3 is 0 Å². The summed E-state index contributed by atoms with van der Waals surface area (Å²) >= 11 is 0. The van der Waals surface area contributed by atoms with E-state index >= 15 is 0 Å². The van der Waals surface area contributed by atoms with Gasteiger partial charge in [0.25, 0.3) is 0 Å². The van der Waals surface area contributed by atoms with Crippen LogP contribution in [0.5, 0.6) is 0 Å². The largest absolute Gasteiger partial charge is 0.348 e. The zero-order valence-corrected chi connectivity index (χ0v) is 17.0. The molecule has 0 fully saturated rings. The zero-order chi connectivity index (χ0) is 19.4. The van der Waals surface area contributed by atoms with Gasteiger partial charge in [0.2, 0.25) is 5.91 Å². The highest BCUT2D eigenvalue weighted by molar-refractivity contribution is 5.87. The molecule has 0 aliphatic heterocycles. The van der Waals surface area contributed by atoms with Crippen molar-refractivity contribution in [2.75, 3.05) is 0 Å². The Bertz CT molecular complexity index is 557. The van der Waals surface area contributed by atoms with Crippen molar-refractivity contribution in [3.63, 3.8) is 0 Å². The molecule has 1 aromatic carbocycles. The van der Waals surface area contributed by atoms with Crippen LogP contribution < -0.4 is 5.32 Å². The second kappa shape index (κ2) is 17.3. The summed E-state index contributed by atoms with van der Waals surface area (Å²) in [7, 11) is 0. The van der Waals surface area contributed by atoms with Crippen molar-refractivity contribution in [3.8, 4) is 0 Å². The van der Waals surface area contributed by atoms with Gasteiger partial charge in [0.1, 0.15) is 0 Å². The summed E-state index contributed by atoms with van der Waals surface area (Å²) < 4.78 is 0. The summed E-state index contributed by atoms with van der Waals surface area (Å²) in [5.74, 6) is -0.0674. The minimum absolute atomic E-state index is 0.0674. The predicted molar refractivity (Wildman–Crippen MR) is 118 cm³/mol. The maximum atomic E-state index is 11.7. The van der Waals surface area contributed by atoms with Gasteiger partial charge in [-0.25, -0.2) is 0 Å². The van der Waals surface area contributed by atoms with Crippen molar-refractivity contribution >= 4 is 5.91 Å². The fourth-order valence-electron chi connectivity index (χ4n) is 2.86. The maximum Gasteiger partial charge on any atom is 0.244 e. The number of carbonyl (C=O) groups is 1.